The zero-order valence-electron chi connectivity index (χ0n) is 11.7. The Balaban J connectivity index is 2.85. The number of carbonyl (C=O) groups is 1. The van der Waals surface area contributed by atoms with Crippen molar-refractivity contribution >= 4 is 14.1 Å². The van der Waals surface area contributed by atoms with E-state index < -0.39 is 8.32 Å². The summed E-state index contributed by atoms with van der Waals surface area (Å²) < 4.78 is 6.40. The Labute approximate surface area is 107 Å². The topological polar surface area (TPSA) is 26.3 Å². The molecule has 0 fully saturated rings. The summed E-state index contributed by atoms with van der Waals surface area (Å²) in [7, 11) is -1.92. The molecular weight excluding hydrogens is 228 g/mol. The van der Waals surface area contributed by atoms with Crippen molar-refractivity contribution in [3.05, 3.63) is 11.3 Å². The molecule has 3 heteroatoms. The van der Waals surface area contributed by atoms with Crippen LogP contribution in [0.2, 0.25) is 12.1 Å². The molecule has 17 heavy (non-hydrogen) atoms. The molecule has 0 aromatic rings. The lowest BCUT2D eigenvalue weighted by Crippen LogP contribution is -2.47. The third-order valence-corrected chi connectivity index (χ3v) is 8.48. The van der Waals surface area contributed by atoms with E-state index in [0.717, 1.165) is 30.1 Å². The highest BCUT2D eigenvalue weighted by atomic mass is 28.4. The third kappa shape index (κ3) is 3.29. The second-order valence-corrected chi connectivity index (χ2v) is 9.17. The fourth-order valence-corrected chi connectivity index (χ4v) is 6.44. The molecule has 0 amide bonds. The molecule has 1 heterocycles. The number of hydrogen-bond acceptors (Lipinski definition) is 2. The molecule has 0 spiro atoms. The van der Waals surface area contributed by atoms with Crippen LogP contribution in [-0.2, 0) is 9.22 Å². The first-order valence-corrected chi connectivity index (χ1v) is 9.31. The van der Waals surface area contributed by atoms with E-state index in [4.69, 9.17) is 4.43 Å². The van der Waals surface area contributed by atoms with Gasteiger partial charge in [0.1, 0.15) is 0 Å². The summed E-state index contributed by atoms with van der Waals surface area (Å²) in [4.78, 5) is 11.7. The minimum Gasteiger partial charge on any atom is -0.409 e. The Morgan fingerprint density at radius 3 is 2.53 bits per heavy atom. The predicted octanol–water partition coefficient (Wildman–Crippen LogP) is 4.01. The van der Waals surface area contributed by atoms with E-state index in [9.17, 15) is 4.79 Å². The van der Waals surface area contributed by atoms with E-state index in [1.54, 1.807) is 6.92 Å². The van der Waals surface area contributed by atoms with Crippen molar-refractivity contribution in [1.82, 2.24) is 0 Å². The molecule has 98 valence electrons. The highest BCUT2D eigenvalue weighted by molar-refractivity contribution is 6.85. The summed E-state index contributed by atoms with van der Waals surface area (Å²) in [5.41, 5.74) is 0. The van der Waals surface area contributed by atoms with Gasteiger partial charge in [0.2, 0.25) is 8.32 Å². The van der Waals surface area contributed by atoms with Crippen molar-refractivity contribution in [3.63, 3.8) is 0 Å². The minimum absolute atomic E-state index is 0.231. The molecule has 1 rings (SSSR count). The molecule has 1 atom stereocenters. The summed E-state index contributed by atoms with van der Waals surface area (Å²) in [5, 5.41) is 1.04. The lowest BCUT2D eigenvalue weighted by atomic mass is 10.1. The van der Waals surface area contributed by atoms with Gasteiger partial charge < -0.3 is 4.43 Å². The van der Waals surface area contributed by atoms with Crippen LogP contribution in [0.3, 0.4) is 0 Å². The first-order valence-electron chi connectivity index (χ1n) is 6.99. The van der Waals surface area contributed by atoms with Crippen LogP contribution in [0.25, 0.3) is 0 Å². The highest BCUT2D eigenvalue weighted by Crippen LogP contribution is 2.34. The summed E-state index contributed by atoms with van der Waals surface area (Å²) in [5.74, 6) is 0.231. The second-order valence-electron chi connectivity index (χ2n) is 4.99. The van der Waals surface area contributed by atoms with Gasteiger partial charge in [0.15, 0.2) is 5.78 Å². The van der Waals surface area contributed by atoms with Gasteiger partial charge in [-0.2, -0.15) is 0 Å². The van der Waals surface area contributed by atoms with Gasteiger partial charge in [0.25, 0.3) is 0 Å². The monoisotopic (exact) mass is 254 g/mol. The summed E-state index contributed by atoms with van der Waals surface area (Å²) >= 11 is 0. The number of unbranched alkanes of at least 4 members (excludes halogenated alkanes) is 1. The Morgan fingerprint density at radius 2 is 2.06 bits per heavy atom. The Kier molecular flexibility index (Phi) is 5.60. The van der Waals surface area contributed by atoms with Crippen LogP contribution >= 0.6 is 0 Å². The molecule has 1 aliphatic heterocycles. The van der Waals surface area contributed by atoms with Gasteiger partial charge >= 0.3 is 0 Å². The Bertz CT molecular complexity index is 293. The van der Waals surface area contributed by atoms with Crippen molar-refractivity contribution in [1.29, 1.82) is 0 Å². The normalized spacial score (nSPS) is 23.3. The van der Waals surface area contributed by atoms with Crippen LogP contribution in [0.4, 0.5) is 0 Å². The number of hydrogen-bond donors (Lipinski definition) is 0. The first kappa shape index (κ1) is 14.6. The highest BCUT2D eigenvalue weighted by Gasteiger charge is 2.42. The van der Waals surface area contributed by atoms with Gasteiger partial charge in [-0.1, -0.05) is 39.7 Å². The number of carbonyl (C=O) groups excluding carboxylic acids is 1. The van der Waals surface area contributed by atoms with Gasteiger partial charge in [0.05, 0.1) is 0 Å². The van der Waals surface area contributed by atoms with E-state index >= 15 is 0 Å². The van der Waals surface area contributed by atoms with Crippen molar-refractivity contribution in [2.24, 2.45) is 0 Å². The number of Topliss-reactive ketones (excluding diaryl/α,β-unsaturated/α-hetero) is 1. The number of ketones is 1. The maximum atomic E-state index is 11.7. The van der Waals surface area contributed by atoms with Crippen molar-refractivity contribution < 1.29 is 9.22 Å². The molecule has 0 saturated heterocycles. The van der Waals surface area contributed by atoms with Crippen LogP contribution in [0.5, 0.6) is 0 Å². The zero-order valence-corrected chi connectivity index (χ0v) is 12.7. The predicted molar refractivity (Wildman–Crippen MR) is 74.5 cm³/mol. The van der Waals surface area contributed by atoms with E-state index in [-0.39, 0.29) is 5.78 Å². The average molecular weight is 254 g/mol. The first-order chi connectivity index (χ1) is 8.09. The summed E-state index contributed by atoms with van der Waals surface area (Å²) in [6.07, 6.45) is 7.08. The molecule has 2 nitrogen and oxygen atoms in total. The fourth-order valence-electron chi connectivity index (χ4n) is 2.74. The SMILES string of the molecule is CCCCC1CC=C(C(C)=O)[Si](CC)(CC)O1. The average Bonchev–Trinajstić information content (AvgIpc) is 2.35. The minimum atomic E-state index is -1.92. The van der Waals surface area contributed by atoms with E-state index in [2.05, 4.69) is 26.8 Å². The largest absolute Gasteiger partial charge is 0.409 e. The second kappa shape index (κ2) is 6.50. The van der Waals surface area contributed by atoms with Crippen LogP contribution in [0.15, 0.2) is 11.3 Å². The Hall–Kier alpha value is -0.413. The molecule has 0 N–H and O–H groups in total. The van der Waals surface area contributed by atoms with Gasteiger partial charge in [-0.3, -0.25) is 4.79 Å². The van der Waals surface area contributed by atoms with Gasteiger partial charge in [-0.15, -0.1) is 0 Å². The lowest BCUT2D eigenvalue weighted by Gasteiger charge is -2.38. The maximum Gasteiger partial charge on any atom is 0.227 e. The van der Waals surface area contributed by atoms with Gasteiger partial charge in [-0.05, 0) is 31.9 Å². The van der Waals surface area contributed by atoms with Crippen LogP contribution < -0.4 is 0 Å². The smallest absolute Gasteiger partial charge is 0.227 e. The van der Waals surface area contributed by atoms with Crippen LogP contribution in [0.1, 0.15) is 53.4 Å². The maximum absolute atomic E-state index is 11.7. The molecule has 0 radical (unpaired) electrons. The number of allylic oxidation sites excluding steroid dienone is 1. The quantitative estimate of drug-likeness (QED) is 0.670. The van der Waals surface area contributed by atoms with Crippen LogP contribution in [-0.4, -0.2) is 20.2 Å². The molecule has 0 saturated carbocycles. The number of rotatable bonds is 6. The molecular formula is C14H26O2Si. The van der Waals surface area contributed by atoms with Gasteiger partial charge in [-0.25, -0.2) is 0 Å². The Morgan fingerprint density at radius 1 is 1.41 bits per heavy atom. The third-order valence-electron chi connectivity index (χ3n) is 3.87. The van der Waals surface area contributed by atoms with E-state index in [1.165, 1.54) is 12.8 Å². The van der Waals surface area contributed by atoms with Crippen molar-refractivity contribution in [3.8, 4) is 0 Å². The molecule has 0 bridgehead atoms. The fraction of sp³-hybridized carbons (Fsp3) is 0.786. The standard InChI is InChI=1S/C14H26O2Si/c1-5-8-9-13-10-11-14(12(4)15)17(6-2,7-3)16-13/h11,13H,5-10H2,1-4H3. The van der Waals surface area contributed by atoms with Crippen molar-refractivity contribution in [2.45, 2.75) is 71.6 Å². The van der Waals surface area contributed by atoms with Crippen molar-refractivity contribution in [2.75, 3.05) is 0 Å². The zero-order chi connectivity index (χ0) is 12.9. The molecule has 1 unspecified atom stereocenters. The lowest BCUT2D eigenvalue weighted by molar-refractivity contribution is -0.113. The summed E-state index contributed by atoms with van der Waals surface area (Å²) in [6, 6.07) is 2.05. The molecule has 0 aromatic heterocycles. The summed E-state index contributed by atoms with van der Waals surface area (Å²) in [6.45, 7) is 8.25. The molecule has 0 aromatic carbocycles. The van der Waals surface area contributed by atoms with E-state index in [0.29, 0.717) is 6.10 Å². The van der Waals surface area contributed by atoms with Gasteiger partial charge in [0, 0.05) is 11.3 Å². The van der Waals surface area contributed by atoms with Crippen LogP contribution in [0, 0.1) is 0 Å². The molecule has 0 aliphatic carbocycles. The van der Waals surface area contributed by atoms with E-state index in [1.807, 2.05) is 0 Å². The molecule has 1 aliphatic rings.